The van der Waals surface area contributed by atoms with E-state index in [0.717, 1.165) is 51.4 Å². The summed E-state index contributed by atoms with van der Waals surface area (Å²) >= 11 is 0. The quantitative estimate of drug-likeness (QED) is 0.382. The van der Waals surface area contributed by atoms with Gasteiger partial charge in [0.05, 0.1) is 12.4 Å². The van der Waals surface area contributed by atoms with Crippen molar-refractivity contribution in [2.45, 2.75) is 79.1 Å². The fraction of sp³-hybridized carbons (Fsp3) is 1.00. The summed E-state index contributed by atoms with van der Waals surface area (Å²) in [5.41, 5.74) is 0. The molecule has 2 unspecified atom stereocenters. The fourth-order valence-electron chi connectivity index (χ4n) is 2.33. The Balaban J connectivity index is -0.00000180. The van der Waals surface area contributed by atoms with E-state index >= 15 is 0 Å². The Morgan fingerprint density at radius 2 is 1.38 bits per heavy atom. The molecule has 124 valence electrons. The van der Waals surface area contributed by atoms with Crippen molar-refractivity contribution in [1.29, 1.82) is 0 Å². The molecule has 0 saturated heterocycles. The molecule has 0 spiro atoms. The molecule has 2 atom stereocenters. The molecule has 0 rings (SSSR count). The number of unbranched alkanes of at least 4 members (excludes halogenated alkanes) is 2. The van der Waals surface area contributed by atoms with E-state index in [2.05, 4.69) is 27.7 Å². The molecular weight excluding hydrogens is 295 g/mol. The van der Waals surface area contributed by atoms with Crippen molar-refractivity contribution < 1.29 is 43.6 Å². The molecule has 0 aromatic rings. The van der Waals surface area contributed by atoms with Gasteiger partial charge in [0.25, 0.3) is 10.1 Å². The number of rotatable bonds is 13. The summed E-state index contributed by atoms with van der Waals surface area (Å²) in [5.74, 6) is 0.810. The van der Waals surface area contributed by atoms with Gasteiger partial charge in [0.1, 0.15) is 0 Å². The molecular formula is C16H35NaO3S. The van der Waals surface area contributed by atoms with Gasteiger partial charge in [-0.25, -0.2) is 0 Å². The van der Waals surface area contributed by atoms with Crippen LogP contribution < -0.4 is 29.6 Å². The molecule has 0 fully saturated rings. The summed E-state index contributed by atoms with van der Waals surface area (Å²) in [6, 6.07) is 0. The summed E-state index contributed by atoms with van der Waals surface area (Å²) in [6.45, 7) is 8.82. The van der Waals surface area contributed by atoms with Gasteiger partial charge >= 0.3 is 29.6 Å². The second kappa shape index (κ2) is 14.5. The topological polar surface area (TPSA) is 43.4 Å². The average Bonchev–Trinajstić information content (AvgIpc) is 2.43. The summed E-state index contributed by atoms with van der Waals surface area (Å²) in [7, 11) is -3.35. The van der Waals surface area contributed by atoms with E-state index in [1.807, 2.05) is 0 Å². The Labute approximate surface area is 156 Å². The SMILES string of the molecule is CCCCC(CC)COS(=O)(=O)CC(CC)CCCC.[H-].[Na+]. The van der Waals surface area contributed by atoms with Gasteiger partial charge in [-0.2, -0.15) is 8.42 Å². The minimum Gasteiger partial charge on any atom is -1.00 e. The van der Waals surface area contributed by atoms with Gasteiger partial charge in [-0.3, -0.25) is 4.18 Å². The van der Waals surface area contributed by atoms with Gasteiger partial charge < -0.3 is 1.43 Å². The minimum absolute atomic E-state index is 0. The van der Waals surface area contributed by atoms with Crippen LogP contribution in [0.1, 0.15) is 80.5 Å². The smallest absolute Gasteiger partial charge is 1.00 e. The van der Waals surface area contributed by atoms with Crippen LogP contribution in [0.25, 0.3) is 0 Å². The Kier molecular flexibility index (Phi) is 16.7. The molecule has 0 heterocycles. The van der Waals surface area contributed by atoms with Crippen LogP contribution >= 0.6 is 0 Å². The van der Waals surface area contributed by atoms with E-state index in [9.17, 15) is 8.42 Å². The van der Waals surface area contributed by atoms with E-state index in [4.69, 9.17) is 4.18 Å². The van der Waals surface area contributed by atoms with Gasteiger partial charge in [-0.05, 0) is 24.7 Å². The summed E-state index contributed by atoms with van der Waals surface area (Å²) in [4.78, 5) is 0. The zero-order valence-corrected chi connectivity index (χ0v) is 17.7. The van der Waals surface area contributed by atoms with Crippen molar-refractivity contribution in [3.05, 3.63) is 0 Å². The average molecular weight is 331 g/mol. The third-order valence-electron chi connectivity index (χ3n) is 4.01. The molecule has 3 nitrogen and oxygen atoms in total. The van der Waals surface area contributed by atoms with Crippen LogP contribution in [0.4, 0.5) is 0 Å². The first kappa shape index (κ1) is 24.2. The van der Waals surface area contributed by atoms with Crippen LogP contribution in [0.5, 0.6) is 0 Å². The van der Waals surface area contributed by atoms with Crippen LogP contribution in [0, 0.1) is 11.8 Å². The zero-order valence-electron chi connectivity index (χ0n) is 15.9. The van der Waals surface area contributed by atoms with Crippen LogP contribution in [-0.2, 0) is 14.3 Å². The predicted molar refractivity (Wildman–Crippen MR) is 87.5 cm³/mol. The first-order chi connectivity index (χ1) is 9.49. The van der Waals surface area contributed by atoms with Gasteiger partial charge in [-0.1, -0.05) is 66.2 Å². The van der Waals surface area contributed by atoms with E-state index in [1.165, 1.54) is 0 Å². The van der Waals surface area contributed by atoms with Crippen LogP contribution in [0.15, 0.2) is 0 Å². The molecule has 0 aliphatic heterocycles. The molecule has 0 bridgehead atoms. The maximum absolute atomic E-state index is 12.0. The van der Waals surface area contributed by atoms with Crippen molar-refractivity contribution in [3.63, 3.8) is 0 Å². The number of hydrogen-bond acceptors (Lipinski definition) is 3. The van der Waals surface area contributed by atoms with E-state index < -0.39 is 10.1 Å². The van der Waals surface area contributed by atoms with Gasteiger partial charge in [0.2, 0.25) is 0 Å². The second-order valence-electron chi connectivity index (χ2n) is 5.84. The number of hydrogen-bond donors (Lipinski definition) is 0. The molecule has 0 saturated carbocycles. The second-order valence-corrected chi connectivity index (χ2v) is 7.53. The molecule has 0 N–H and O–H groups in total. The van der Waals surface area contributed by atoms with Crippen LogP contribution in [0.2, 0.25) is 0 Å². The summed E-state index contributed by atoms with van der Waals surface area (Å²) < 4.78 is 29.3. The molecule has 0 aromatic heterocycles. The minimum atomic E-state index is -3.35. The molecule has 5 heteroatoms. The third kappa shape index (κ3) is 13.1. The van der Waals surface area contributed by atoms with Gasteiger partial charge in [-0.15, -0.1) is 0 Å². The van der Waals surface area contributed by atoms with Gasteiger partial charge in [0, 0.05) is 0 Å². The standard InChI is InChI=1S/C16H34O3S.Na.H/c1-5-9-11-15(7-3)13-19-20(17,18)14-16(8-4)12-10-6-2;;/h15-16H,5-14H2,1-4H3;;/q;+1;-1. The third-order valence-corrected chi connectivity index (χ3v) is 5.38. The maximum Gasteiger partial charge on any atom is 1.00 e. The van der Waals surface area contributed by atoms with Crippen molar-refractivity contribution in [1.82, 2.24) is 0 Å². The Bertz CT molecular complexity index is 323. The van der Waals surface area contributed by atoms with Crippen molar-refractivity contribution in [3.8, 4) is 0 Å². The first-order valence-corrected chi connectivity index (χ1v) is 9.93. The molecule has 0 amide bonds. The summed E-state index contributed by atoms with van der Waals surface area (Å²) in [5, 5.41) is 0. The fourth-order valence-corrected chi connectivity index (χ4v) is 3.81. The molecule has 0 aromatic carbocycles. The van der Waals surface area contributed by atoms with Gasteiger partial charge in [0.15, 0.2) is 0 Å². The molecule has 21 heavy (non-hydrogen) atoms. The Hall–Kier alpha value is 0.910. The molecule has 0 aliphatic carbocycles. The predicted octanol–water partition coefficient (Wildman–Crippen LogP) is 1.88. The van der Waals surface area contributed by atoms with E-state index in [-0.39, 0.29) is 42.7 Å². The Morgan fingerprint density at radius 3 is 1.81 bits per heavy atom. The van der Waals surface area contributed by atoms with E-state index in [0.29, 0.717) is 12.5 Å². The zero-order chi connectivity index (χ0) is 15.4. The summed E-state index contributed by atoms with van der Waals surface area (Å²) in [6.07, 6.45) is 8.47. The van der Waals surface area contributed by atoms with E-state index in [1.54, 1.807) is 0 Å². The van der Waals surface area contributed by atoms with Crippen molar-refractivity contribution >= 4 is 10.1 Å². The van der Waals surface area contributed by atoms with Crippen molar-refractivity contribution in [2.24, 2.45) is 11.8 Å². The Morgan fingerprint density at radius 1 is 0.905 bits per heavy atom. The molecule has 0 radical (unpaired) electrons. The largest absolute Gasteiger partial charge is 1.00 e. The van der Waals surface area contributed by atoms with Crippen molar-refractivity contribution in [2.75, 3.05) is 12.4 Å². The first-order valence-electron chi connectivity index (χ1n) is 8.36. The monoisotopic (exact) mass is 330 g/mol. The normalized spacial score (nSPS) is 14.5. The molecule has 0 aliphatic rings. The van der Waals surface area contributed by atoms with Crippen LogP contribution in [-0.4, -0.2) is 20.8 Å². The van der Waals surface area contributed by atoms with Crippen LogP contribution in [0.3, 0.4) is 0 Å². The maximum atomic E-state index is 12.0.